The van der Waals surface area contributed by atoms with Crippen LogP contribution in [0, 0.1) is 17.5 Å². The first-order valence-electron chi connectivity index (χ1n) is 9.07. The zero-order chi connectivity index (χ0) is 18.7. The van der Waals surface area contributed by atoms with Crippen molar-refractivity contribution in [3.8, 4) is 11.1 Å². The second-order valence-electron chi connectivity index (χ2n) is 6.79. The number of halogens is 3. The molecule has 138 valence electrons. The molecule has 0 bridgehead atoms. The molecule has 1 aliphatic rings. The van der Waals surface area contributed by atoms with Crippen LogP contribution in [0.5, 0.6) is 0 Å². The summed E-state index contributed by atoms with van der Waals surface area (Å²) < 4.78 is 48.7. The van der Waals surface area contributed by atoms with Crippen molar-refractivity contribution < 1.29 is 17.9 Å². The molecule has 3 rings (SSSR count). The normalized spacial score (nSPS) is 20.2. The lowest BCUT2D eigenvalue weighted by atomic mass is 9.89. The van der Waals surface area contributed by atoms with Crippen molar-refractivity contribution in [2.45, 2.75) is 44.6 Å². The van der Waals surface area contributed by atoms with Crippen molar-refractivity contribution in [2.75, 3.05) is 6.61 Å². The van der Waals surface area contributed by atoms with Gasteiger partial charge in [0.15, 0.2) is 11.6 Å². The van der Waals surface area contributed by atoms with Crippen molar-refractivity contribution in [1.29, 1.82) is 0 Å². The Morgan fingerprint density at radius 1 is 1.08 bits per heavy atom. The van der Waals surface area contributed by atoms with Crippen molar-refractivity contribution in [1.82, 2.24) is 0 Å². The molecule has 0 aromatic heterocycles. The van der Waals surface area contributed by atoms with E-state index >= 15 is 0 Å². The lowest BCUT2D eigenvalue weighted by Gasteiger charge is -2.29. The van der Waals surface area contributed by atoms with E-state index in [1.807, 2.05) is 0 Å². The predicted molar refractivity (Wildman–Crippen MR) is 98.5 cm³/mol. The first-order valence-corrected chi connectivity index (χ1v) is 9.07. The summed E-state index contributed by atoms with van der Waals surface area (Å²) in [5, 5.41) is 0. The van der Waals surface area contributed by atoms with E-state index in [1.54, 1.807) is 6.07 Å². The summed E-state index contributed by atoms with van der Waals surface area (Å²) in [6.07, 6.45) is 5.57. The fourth-order valence-electron chi connectivity index (χ4n) is 3.55. The molecule has 1 heterocycles. The molecule has 1 fully saturated rings. The molecule has 2 unspecified atom stereocenters. The van der Waals surface area contributed by atoms with Gasteiger partial charge in [-0.2, -0.15) is 0 Å². The number of hydrogen-bond donors (Lipinski definition) is 0. The summed E-state index contributed by atoms with van der Waals surface area (Å²) in [6.45, 7) is 6.14. The van der Waals surface area contributed by atoms with Gasteiger partial charge in [-0.15, -0.1) is 0 Å². The monoisotopic (exact) mass is 360 g/mol. The van der Waals surface area contributed by atoms with Gasteiger partial charge < -0.3 is 4.74 Å². The minimum absolute atomic E-state index is 0.0568. The quantitative estimate of drug-likeness (QED) is 0.593. The fourth-order valence-corrected chi connectivity index (χ4v) is 3.55. The van der Waals surface area contributed by atoms with E-state index in [0.717, 1.165) is 31.2 Å². The highest BCUT2D eigenvalue weighted by Crippen LogP contribution is 2.34. The van der Waals surface area contributed by atoms with Crippen LogP contribution < -0.4 is 0 Å². The van der Waals surface area contributed by atoms with E-state index in [4.69, 9.17) is 4.74 Å². The summed E-state index contributed by atoms with van der Waals surface area (Å²) in [4.78, 5) is 0. The van der Waals surface area contributed by atoms with Gasteiger partial charge in [-0.1, -0.05) is 50.3 Å². The third-order valence-electron chi connectivity index (χ3n) is 5.07. The summed E-state index contributed by atoms with van der Waals surface area (Å²) in [5.41, 5.74) is 0.871. The zero-order valence-electron chi connectivity index (χ0n) is 14.9. The Morgan fingerprint density at radius 2 is 1.85 bits per heavy atom. The van der Waals surface area contributed by atoms with Crippen LogP contribution in [-0.4, -0.2) is 12.7 Å². The van der Waals surface area contributed by atoms with Crippen molar-refractivity contribution in [3.63, 3.8) is 0 Å². The molecule has 2 aromatic carbocycles. The number of hydrogen-bond acceptors (Lipinski definition) is 1. The van der Waals surface area contributed by atoms with Crippen LogP contribution >= 0.6 is 0 Å². The molecule has 0 N–H and O–H groups in total. The second-order valence-corrected chi connectivity index (χ2v) is 6.79. The summed E-state index contributed by atoms with van der Waals surface area (Å²) in [7, 11) is 0. The van der Waals surface area contributed by atoms with E-state index in [-0.39, 0.29) is 22.6 Å². The zero-order valence-corrected chi connectivity index (χ0v) is 14.9. The molecular formula is C22H23F3O. The predicted octanol–water partition coefficient (Wildman–Crippen LogP) is 6.48. The molecule has 0 saturated carbocycles. The SMILES string of the molecule is C=Cc1ccc(-c2ccc(C3CCC(CCC)OC3)cc2F)c(F)c1F. The number of rotatable bonds is 5. The summed E-state index contributed by atoms with van der Waals surface area (Å²) in [6, 6.07) is 7.51. The topological polar surface area (TPSA) is 9.23 Å². The molecule has 1 saturated heterocycles. The Labute approximate surface area is 152 Å². The number of benzene rings is 2. The van der Waals surface area contributed by atoms with Gasteiger partial charge in [-0.3, -0.25) is 0 Å². The lowest BCUT2D eigenvalue weighted by Crippen LogP contribution is -2.24. The van der Waals surface area contributed by atoms with Crippen molar-refractivity contribution in [2.24, 2.45) is 0 Å². The van der Waals surface area contributed by atoms with Crippen LogP contribution in [0.1, 0.15) is 49.7 Å². The Hall–Kier alpha value is -2.07. The van der Waals surface area contributed by atoms with Crippen molar-refractivity contribution >= 4 is 6.08 Å². The average Bonchev–Trinajstić information content (AvgIpc) is 2.65. The lowest BCUT2D eigenvalue weighted by molar-refractivity contribution is -0.00115. The molecule has 26 heavy (non-hydrogen) atoms. The van der Waals surface area contributed by atoms with Crippen LogP contribution in [0.2, 0.25) is 0 Å². The molecule has 0 radical (unpaired) electrons. The van der Waals surface area contributed by atoms with Crippen LogP contribution in [0.15, 0.2) is 36.9 Å². The largest absolute Gasteiger partial charge is 0.378 e. The fraction of sp³-hybridized carbons (Fsp3) is 0.364. The average molecular weight is 360 g/mol. The van der Waals surface area contributed by atoms with Gasteiger partial charge >= 0.3 is 0 Å². The summed E-state index contributed by atoms with van der Waals surface area (Å²) >= 11 is 0. The van der Waals surface area contributed by atoms with Gasteiger partial charge in [0.05, 0.1) is 12.7 Å². The minimum atomic E-state index is -1.06. The standard InChI is InChI=1S/C22H23F3O/c1-3-5-17-9-6-16(13-26-17)15-8-10-18(20(23)12-15)19-11-7-14(4-2)21(24)22(19)25/h4,7-8,10-12,16-17H,2-3,5-6,9,13H2,1H3. The first kappa shape index (κ1) is 18.7. The molecule has 2 aromatic rings. The third kappa shape index (κ3) is 3.70. The second kappa shape index (κ2) is 8.09. The van der Waals surface area contributed by atoms with E-state index in [1.165, 1.54) is 30.3 Å². The van der Waals surface area contributed by atoms with Gasteiger partial charge in [-0.25, -0.2) is 13.2 Å². The molecule has 2 atom stereocenters. The van der Waals surface area contributed by atoms with Crippen LogP contribution in [-0.2, 0) is 4.74 Å². The maximum absolute atomic E-state index is 14.6. The first-order chi connectivity index (χ1) is 12.5. The van der Waals surface area contributed by atoms with Gasteiger partial charge in [-0.05, 0) is 30.9 Å². The van der Waals surface area contributed by atoms with Crippen molar-refractivity contribution in [3.05, 3.63) is 65.5 Å². The third-order valence-corrected chi connectivity index (χ3v) is 5.07. The molecule has 1 aliphatic heterocycles. The highest BCUT2D eigenvalue weighted by Gasteiger charge is 2.24. The molecule has 1 nitrogen and oxygen atoms in total. The molecule has 4 heteroatoms. The van der Waals surface area contributed by atoms with Gasteiger partial charge in [0.1, 0.15) is 5.82 Å². The number of ether oxygens (including phenoxy) is 1. The Balaban J connectivity index is 1.83. The maximum atomic E-state index is 14.6. The molecule has 0 spiro atoms. The van der Waals surface area contributed by atoms with Crippen LogP contribution in [0.4, 0.5) is 13.2 Å². The molecule has 0 aliphatic carbocycles. The smallest absolute Gasteiger partial charge is 0.167 e. The van der Waals surface area contributed by atoms with E-state index in [2.05, 4.69) is 13.5 Å². The van der Waals surface area contributed by atoms with E-state index in [0.29, 0.717) is 12.7 Å². The summed E-state index contributed by atoms with van der Waals surface area (Å²) in [5.74, 6) is -2.49. The highest BCUT2D eigenvalue weighted by molar-refractivity contribution is 5.67. The molecule has 0 amide bonds. The van der Waals surface area contributed by atoms with Gasteiger partial charge in [0, 0.05) is 22.6 Å². The van der Waals surface area contributed by atoms with Gasteiger partial charge in [0.25, 0.3) is 0 Å². The Morgan fingerprint density at radius 3 is 2.46 bits per heavy atom. The Bertz CT molecular complexity index is 792. The highest BCUT2D eigenvalue weighted by atomic mass is 19.2. The van der Waals surface area contributed by atoms with Crippen LogP contribution in [0.25, 0.3) is 17.2 Å². The maximum Gasteiger partial charge on any atom is 0.167 e. The van der Waals surface area contributed by atoms with Crippen LogP contribution in [0.3, 0.4) is 0 Å². The molecular weight excluding hydrogens is 337 g/mol. The van der Waals surface area contributed by atoms with Gasteiger partial charge in [0.2, 0.25) is 0 Å². The van der Waals surface area contributed by atoms with E-state index in [9.17, 15) is 13.2 Å². The van der Waals surface area contributed by atoms with E-state index < -0.39 is 17.5 Å². The Kier molecular flexibility index (Phi) is 5.82. The minimum Gasteiger partial charge on any atom is -0.378 e.